The van der Waals surface area contributed by atoms with Crippen molar-refractivity contribution >= 4 is 41.0 Å². The van der Waals surface area contributed by atoms with Gasteiger partial charge in [-0.05, 0) is 67.1 Å². The van der Waals surface area contributed by atoms with Crippen LogP contribution in [0.15, 0.2) is 48.7 Å². The third-order valence-electron chi connectivity index (χ3n) is 13.3. The van der Waals surface area contributed by atoms with Crippen LogP contribution in [0.3, 0.4) is 0 Å². The Balaban J connectivity index is 0.919. The quantitative estimate of drug-likeness (QED) is 0.251. The molecule has 310 valence electrons. The first-order chi connectivity index (χ1) is 28.2. The van der Waals surface area contributed by atoms with Crippen LogP contribution >= 0.6 is 11.6 Å². The number of nitrogens with one attached hydrogen (secondary N) is 3. The molecule has 3 N–H and O–H groups in total. The average molecular weight is 825 g/mol. The molecule has 8 rings (SSSR count). The van der Waals surface area contributed by atoms with E-state index >= 15 is 4.39 Å². The van der Waals surface area contributed by atoms with Gasteiger partial charge in [0.15, 0.2) is 0 Å². The summed E-state index contributed by atoms with van der Waals surface area (Å²) < 4.78 is 22.6. The number of aromatic nitrogens is 1. The number of piperidine rings is 2. The molecule has 2 aromatic carbocycles. The molecule has 2 unspecified atom stereocenters. The molecule has 4 fully saturated rings. The Bertz CT molecular complexity index is 2200. The minimum absolute atomic E-state index is 0.112. The predicted molar refractivity (Wildman–Crippen MR) is 218 cm³/mol. The first-order valence-corrected chi connectivity index (χ1v) is 20.8. The lowest BCUT2D eigenvalue weighted by Gasteiger charge is -2.63. The van der Waals surface area contributed by atoms with E-state index in [0.717, 1.165) is 44.8 Å². The van der Waals surface area contributed by atoms with Gasteiger partial charge in [0, 0.05) is 98.5 Å². The lowest BCUT2D eigenvalue weighted by molar-refractivity contribution is -0.164. The Labute approximate surface area is 348 Å². The highest BCUT2D eigenvalue weighted by molar-refractivity contribution is 6.31. The fourth-order valence-electron chi connectivity index (χ4n) is 10.5. The topological polar surface area (TPSA) is 160 Å². The summed E-state index contributed by atoms with van der Waals surface area (Å²) in [6.07, 6.45) is 3.34. The van der Waals surface area contributed by atoms with Gasteiger partial charge in [-0.3, -0.25) is 29.4 Å². The standard InChI is InChI=1S/C44H50ClFN8O5/c1-43(2)41(44(3,4)42(43)59-29-7-5-26(22-47)32(45)20-29)51-38(56)27-6-9-35(49-23-27)52-15-11-25(12-16-52)37(53-17-13-48-14-18-53)31-21-30-28(19-33(31)46)24-54(40(30)58)34-8-10-36(55)50-39(34)57/h5-7,9,19-21,23,25,34,37,41-42,48H,8,10-18,24H2,1-4H3,(H,51,56)(H,50,55,57)/t34?,37?,41-,42-. The van der Waals surface area contributed by atoms with E-state index in [0.29, 0.717) is 51.7 Å². The molecule has 1 aromatic heterocycles. The molecular formula is C44H50ClFN8O5. The number of ether oxygens (including phenoxy) is 1. The van der Waals surface area contributed by atoms with Crippen LogP contribution in [0.1, 0.15) is 96.8 Å². The van der Waals surface area contributed by atoms with Crippen molar-refractivity contribution < 1.29 is 28.3 Å². The highest BCUT2D eigenvalue weighted by atomic mass is 35.5. The number of hydrogen-bond acceptors (Lipinski definition) is 10. The highest BCUT2D eigenvalue weighted by Gasteiger charge is 2.64. The highest BCUT2D eigenvalue weighted by Crippen LogP contribution is 2.55. The van der Waals surface area contributed by atoms with Gasteiger partial charge in [-0.2, -0.15) is 5.26 Å². The number of piperazine rings is 1. The molecule has 0 radical (unpaired) electrons. The van der Waals surface area contributed by atoms with Gasteiger partial charge in [0.05, 0.1) is 16.1 Å². The first kappa shape index (κ1) is 40.7. The number of rotatable bonds is 9. The van der Waals surface area contributed by atoms with Crippen LogP contribution in [0.5, 0.6) is 5.75 Å². The van der Waals surface area contributed by atoms with E-state index in [2.05, 4.69) is 59.5 Å². The second-order valence-corrected chi connectivity index (χ2v) is 18.1. The summed E-state index contributed by atoms with van der Waals surface area (Å²) in [5.41, 5.74) is 1.50. The van der Waals surface area contributed by atoms with E-state index in [1.165, 1.54) is 11.0 Å². The molecule has 4 aliphatic heterocycles. The molecule has 1 saturated carbocycles. The van der Waals surface area contributed by atoms with Gasteiger partial charge in [-0.25, -0.2) is 9.37 Å². The van der Waals surface area contributed by atoms with Crippen molar-refractivity contribution in [2.24, 2.45) is 16.7 Å². The molecule has 0 spiro atoms. The van der Waals surface area contributed by atoms with E-state index in [1.807, 2.05) is 6.07 Å². The van der Waals surface area contributed by atoms with Crippen molar-refractivity contribution in [3.05, 3.63) is 87.3 Å². The molecule has 4 amide bonds. The zero-order valence-corrected chi connectivity index (χ0v) is 34.6. The summed E-state index contributed by atoms with van der Waals surface area (Å²) in [5.74, 6) is -0.273. The number of fused-ring (bicyclic) bond motifs is 1. The predicted octanol–water partition coefficient (Wildman–Crippen LogP) is 4.98. The van der Waals surface area contributed by atoms with E-state index in [1.54, 1.807) is 36.5 Å². The Kier molecular flexibility index (Phi) is 10.9. The molecule has 5 heterocycles. The van der Waals surface area contributed by atoms with Crippen LogP contribution in [-0.2, 0) is 16.1 Å². The molecule has 2 atom stereocenters. The van der Waals surface area contributed by atoms with Crippen molar-refractivity contribution in [2.45, 2.75) is 84.2 Å². The van der Waals surface area contributed by atoms with Crippen LogP contribution in [0.2, 0.25) is 5.02 Å². The maximum absolute atomic E-state index is 16.2. The van der Waals surface area contributed by atoms with Crippen molar-refractivity contribution in [1.82, 2.24) is 30.7 Å². The second kappa shape index (κ2) is 15.8. The number of pyridine rings is 1. The fourth-order valence-corrected chi connectivity index (χ4v) is 10.7. The number of halogens is 2. The number of anilines is 1. The Morgan fingerprint density at radius 1 is 1.02 bits per heavy atom. The number of carbonyl (C=O) groups is 4. The molecule has 13 nitrogen and oxygen atoms in total. The van der Waals surface area contributed by atoms with E-state index in [4.69, 9.17) is 21.3 Å². The molecule has 3 aromatic rings. The third kappa shape index (κ3) is 7.53. The average Bonchev–Trinajstić information content (AvgIpc) is 3.53. The van der Waals surface area contributed by atoms with Crippen molar-refractivity contribution in [1.29, 1.82) is 5.26 Å². The largest absolute Gasteiger partial charge is 0.489 e. The summed E-state index contributed by atoms with van der Waals surface area (Å²) in [4.78, 5) is 62.4. The van der Waals surface area contributed by atoms with Crippen molar-refractivity contribution in [2.75, 3.05) is 44.2 Å². The second-order valence-electron chi connectivity index (χ2n) is 17.7. The minimum Gasteiger partial charge on any atom is -0.489 e. The van der Waals surface area contributed by atoms with Gasteiger partial charge < -0.3 is 25.2 Å². The number of imide groups is 1. The molecule has 15 heteroatoms. The normalized spacial score (nSPS) is 24.8. The Morgan fingerprint density at radius 3 is 2.39 bits per heavy atom. The summed E-state index contributed by atoms with van der Waals surface area (Å²) >= 11 is 6.26. The number of amides is 4. The molecule has 59 heavy (non-hydrogen) atoms. The maximum Gasteiger partial charge on any atom is 0.255 e. The number of benzene rings is 2. The SMILES string of the molecule is CC1(C)[C@H](NC(=O)c2ccc(N3CCC(C(c4cc5c(cc4F)CN(C4CCC(=O)NC4=O)C5=O)N4CCNCC4)CC3)nc2)C(C)(C)[C@H]1Oc1ccc(C#N)c(Cl)c1. The van der Waals surface area contributed by atoms with Gasteiger partial charge in [-0.15, -0.1) is 0 Å². The molecule has 5 aliphatic rings. The van der Waals surface area contributed by atoms with Gasteiger partial charge in [-0.1, -0.05) is 39.3 Å². The lowest BCUT2D eigenvalue weighted by atomic mass is 9.49. The van der Waals surface area contributed by atoms with Crippen molar-refractivity contribution in [3.63, 3.8) is 0 Å². The van der Waals surface area contributed by atoms with Crippen LogP contribution < -0.4 is 25.6 Å². The third-order valence-corrected chi connectivity index (χ3v) is 13.6. The summed E-state index contributed by atoms with van der Waals surface area (Å²) in [6.45, 7) is 12.8. The summed E-state index contributed by atoms with van der Waals surface area (Å²) in [5, 5.41) is 18.5. The molecule has 3 saturated heterocycles. The smallest absolute Gasteiger partial charge is 0.255 e. The van der Waals surface area contributed by atoms with Gasteiger partial charge in [0.1, 0.15) is 35.6 Å². The summed E-state index contributed by atoms with van der Waals surface area (Å²) in [6, 6.07) is 12.7. The molecule has 0 bridgehead atoms. The van der Waals surface area contributed by atoms with E-state index in [9.17, 15) is 24.4 Å². The minimum atomic E-state index is -0.762. The zero-order valence-electron chi connectivity index (χ0n) is 33.8. The van der Waals surface area contributed by atoms with Crippen LogP contribution in [0, 0.1) is 33.9 Å². The monoisotopic (exact) mass is 824 g/mol. The van der Waals surface area contributed by atoms with Gasteiger partial charge >= 0.3 is 0 Å². The fraction of sp³-hybridized carbons (Fsp3) is 0.500. The van der Waals surface area contributed by atoms with Crippen molar-refractivity contribution in [3.8, 4) is 11.8 Å². The Hall–Kier alpha value is -5.10. The Morgan fingerprint density at radius 2 is 1.75 bits per heavy atom. The summed E-state index contributed by atoms with van der Waals surface area (Å²) in [7, 11) is 0. The number of nitriles is 1. The molecule has 1 aliphatic carbocycles. The first-order valence-electron chi connectivity index (χ1n) is 20.5. The lowest BCUT2D eigenvalue weighted by Crippen LogP contribution is -2.74. The van der Waals surface area contributed by atoms with Crippen LogP contribution in [0.4, 0.5) is 10.2 Å². The zero-order chi connectivity index (χ0) is 41.8. The number of carbonyl (C=O) groups excluding carboxylic acids is 4. The molecular weight excluding hydrogens is 775 g/mol. The van der Waals surface area contributed by atoms with E-state index < -0.39 is 22.8 Å². The van der Waals surface area contributed by atoms with Gasteiger partial charge in [0.25, 0.3) is 11.8 Å². The van der Waals surface area contributed by atoms with Gasteiger partial charge in [0.2, 0.25) is 11.8 Å². The maximum atomic E-state index is 16.2. The number of nitrogens with zero attached hydrogens (tertiary/aromatic N) is 5. The van der Waals surface area contributed by atoms with E-state index in [-0.39, 0.29) is 67.0 Å². The number of hydrogen-bond donors (Lipinski definition) is 3. The van der Waals surface area contributed by atoms with Crippen LogP contribution in [-0.4, -0.2) is 95.9 Å². The van der Waals surface area contributed by atoms with Crippen LogP contribution in [0.25, 0.3) is 0 Å².